The summed E-state index contributed by atoms with van der Waals surface area (Å²) in [6.07, 6.45) is -0.0356. The summed E-state index contributed by atoms with van der Waals surface area (Å²) in [5.41, 5.74) is 0.587. The summed E-state index contributed by atoms with van der Waals surface area (Å²) < 4.78 is 6.00. The van der Waals surface area contributed by atoms with Crippen LogP contribution < -0.4 is 10.1 Å². The second-order valence-corrected chi connectivity index (χ2v) is 5.87. The molecule has 3 aromatic carbocycles. The van der Waals surface area contributed by atoms with E-state index >= 15 is 0 Å². The predicted octanol–water partition coefficient (Wildman–Crippen LogP) is 5.29. The molecule has 0 aliphatic heterocycles. The van der Waals surface area contributed by atoms with Crippen LogP contribution in [-0.4, -0.2) is 12.0 Å². The summed E-state index contributed by atoms with van der Waals surface area (Å²) in [6, 6.07) is 20.9. The highest BCUT2D eigenvalue weighted by atomic mass is 35.5. The number of hydrogen-bond acceptors (Lipinski definition) is 2. The topological polar surface area (TPSA) is 38.3 Å². The number of anilines is 1. The largest absolute Gasteiger partial charge is 0.480 e. The molecule has 0 unspecified atom stereocenters. The average Bonchev–Trinajstić information content (AvgIpc) is 2.61. The second kappa shape index (κ2) is 7.37. The summed E-state index contributed by atoms with van der Waals surface area (Å²) in [5, 5.41) is 5.41. The molecule has 1 atom stereocenters. The highest BCUT2D eigenvalue weighted by Gasteiger charge is 2.20. The number of para-hydroxylation sites is 1. The molecule has 0 heterocycles. The fourth-order valence-electron chi connectivity index (χ4n) is 2.55. The molecule has 0 fully saturated rings. The van der Waals surface area contributed by atoms with E-state index < -0.39 is 6.10 Å². The minimum atomic E-state index is -0.591. The molecule has 0 radical (unpaired) electrons. The van der Waals surface area contributed by atoms with E-state index in [1.54, 1.807) is 12.1 Å². The highest BCUT2D eigenvalue weighted by molar-refractivity contribution is 6.33. The Morgan fingerprint density at radius 2 is 1.75 bits per heavy atom. The number of carbonyl (C=O) groups is 1. The number of amides is 1. The van der Waals surface area contributed by atoms with Gasteiger partial charge in [0.25, 0.3) is 5.91 Å². The zero-order chi connectivity index (χ0) is 16.9. The first-order chi connectivity index (χ1) is 11.7. The molecule has 3 rings (SSSR count). The van der Waals surface area contributed by atoms with Crippen LogP contribution in [-0.2, 0) is 4.79 Å². The number of nitrogens with one attached hydrogen (secondary N) is 1. The number of halogens is 1. The molecule has 0 aliphatic rings. The minimum Gasteiger partial charge on any atom is -0.480 e. The van der Waals surface area contributed by atoms with Crippen LogP contribution in [0, 0.1) is 0 Å². The zero-order valence-electron chi connectivity index (χ0n) is 13.3. The highest BCUT2D eigenvalue weighted by Crippen LogP contribution is 2.27. The molecule has 0 saturated heterocycles. The molecule has 0 spiro atoms. The Morgan fingerprint density at radius 1 is 1.04 bits per heavy atom. The van der Waals surface area contributed by atoms with Gasteiger partial charge in [0.15, 0.2) is 6.10 Å². The van der Waals surface area contributed by atoms with E-state index in [0.29, 0.717) is 22.9 Å². The number of ether oxygens (including phenoxy) is 1. The van der Waals surface area contributed by atoms with Gasteiger partial charge in [-0.05, 0) is 30.0 Å². The fourth-order valence-corrected chi connectivity index (χ4v) is 2.73. The van der Waals surface area contributed by atoms with Crippen molar-refractivity contribution in [3.8, 4) is 5.75 Å². The lowest BCUT2D eigenvalue weighted by Gasteiger charge is -2.19. The van der Waals surface area contributed by atoms with Crippen molar-refractivity contribution in [2.24, 2.45) is 0 Å². The van der Waals surface area contributed by atoms with Crippen molar-refractivity contribution in [3.05, 3.63) is 71.8 Å². The van der Waals surface area contributed by atoms with Crippen LogP contribution in [0.25, 0.3) is 10.8 Å². The Bertz CT molecular complexity index is 858. The number of hydrogen-bond donors (Lipinski definition) is 1. The third-order valence-electron chi connectivity index (χ3n) is 3.81. The Kier molecular flexibility index (Phi) is 5.02. The van der Waals surface area contributed by atoms with E-state index in [2.05, 4.69) is 5.32 Å². The monoisotopic (exact) mass is 339 g/mol. The number of carbonyl (C=O) groups excluding carboxylic acids is 1. The van der Waals surface area contributed by atoms with E-state index in [1.807, 2.05) is 61.5 Å². The van der Waals surface area contributed by atoms with Gasteiger partial charge in [0, 0.05) is 5.39 Å². The van der Waals surface area contributed by atoms with Gasteiger partial charge in [-0.25, -0.2) is 0 Å². The first-order valence-electron chi connectivity index (χ1n) is 7.89. The number of rotatable bonds is 5. The predicted molar refractivity (Wildman–Crippen MR) is 98.7 cm³/mol. The van der Waals surface area contributed by atoms with Crippen LogP contribution in [0.2, 0.25) is 5.02 Å². The summed E-state index contributed by atoms with van der Waals surface area (Å²) in [5.74, 6) is 0.493. The van der Waals surface area contributed by atoms with Crippen LogP contribution in [0.4, 0.5) is 5.69 Å². The lowest BCUT2D eigenvalue weighted by Crippen LogP contribution is -2.32. The number of fused-ring (bicyclic) bond motifs is 1. The minimum absolute atomic E-state index is 0.210. The molecule has 3 aromatic rings. The van der Waals surface area contributed by atoms with Gasteiger partial charge in [0.1, 0.15) is 5.75 Å². The van der Waals surface area contributed by atoms with Crippen molar-refractivity contribution >= 4 is 34.0 Å². The summed E-state index contributed by atoms with van der Waals surface area (Å²) in [6.45, 7) is 1.92. The Morgan fingerprint density at radius 3 is 2.54 bits per heavy atom. The molecular formula is C20H18ClNO2. The molecule has 0 aromatic heterocycles. The van der Waals surface area contributed by atoms with Crippen molar-refractivity contribution in [2.75, 3.05) is 5.32 Å². The normalized spacial score (nSPS) is 11.9. The van der Waals surface area contributed by atoms with Crippen molar-refractivity contribution in [2.45, 2.75) is 19.4 Å². The van der Waals surface area contributed by atoms with Gasteiger partial charge in [-0.2, -0.15) is 0 Å². The van der Waals surface area contributed by atoms with Gasteiger partial charge in [-0.15, -0.1) is 0 Å². The quantitative estimate of drug-likeness (QED) is 0.686. The van der Waals surface area contributed by atoms with E-state index in [9.17, 15) is 4.79 Å². The van der Waals surface area contributed by atoms with E-state index in [0.717, 1.165) is 10.8 Å². The maximum atomic E-state index is 12.5. The van der Waals surface area contributed by atoms with E-state index in [-0.39, 0.29) is 5.91 Å². The molecule has 3 nitrogen and oxygen atoms in total. The molecule has 24 heavy (non-hydrogen) atoms. The van der Waals surface area contributed by atoms with Crippen LogP contribution in [0.1, 0.15) is 13.3 Å². The summed E-state index contributed by atoms with van der Waals surface area (Å²) in [4.78, 5) is 12.5. The maximum Gasteiger partial charge on any atom is 0.265 e. The second-order valence-electron chi connectivity index (χ2n) is 5.46. The lowest BCUT2D eigenvalue weighted by atomic mass is 10.1. The van der Waals surface area contributed by atoms with Gasteiger partial charge >= 0.3 is 0 Å². The standard InChI is InChI=1S/C20H18ClNO2/c1-2-18(20(23)22-17-12-6-5-11-16(17)21)24-19-13-7-9-14-8-3-4-10-15(14)19/h3-13,18H,2H2,1H3,(H,22,23)/t18-/m0/s1. The van der Waals surface area contributed by atoms with Gasteiger partial charge in [0.05, 0.1) is 10.7 Å². The maximum absolute atomic E-state index is 12.5. The van der Waals surface area contributed by atoms with E-state index in [1.165, 1.54) is 0 Å². The molecule has 122 valence electrons. The van der Waals surface area contributed by atoms with Gasteiger partial charge in [-0.3, -0.25) is 4.79 Å². The van der Waals surface area contributed by atoms with Crippen molar-refractivity contribution in [1.29, 1.82) is 0 Å². The van der Waals surface area contributed by atoms with Gasteiger partial charge in [-0.1, -0.05) is 67.1 Å². The molecule has 0 bridgehead atoms. The Balaban J connectivity index is 1.81. The first kappa shape index (κ1) is 16.3. The van der Waals surface area contributed by atoms with E-state index in [4.69, 9.17) is 16.3 Å². The molecule has 1 N–H and O–H groups in total. The van der Waals surface area contributed by atoms with Gasteiger partial charge in [0.2, 0.25) is 0 Å². The van der Waals surface area contributed by atoms with Crippen LogP contribution in [0.15, 0.2) is 66.7 Å². The molecule has 0 aliphatic carbocycles. The van der Waals surface area contributed by atoms with Crippen LogP contribution in [0.5, 0.6) is 5.75 Å². The molecular weight excluding hydrogens is 322 g/mol. The smallest absolute Gasteiger partial charge is 0.265 e. The average molecular weight is 340 g/mol. The van der Waals surface area contributed by atoms with Crippen LogP contribution in [0.3, 0.4) is 0 Å². The van der Waals surface area contributed by atoms with Crippen molar-refractivity contribution in [1.82, 2.24) is 0 Å². The summed E-state index contributed by atoms with van der Waals surface area (Å²) in [7, 11) is 0. The molecule has 1 amide bonds. The fraction of sp³-hybridized carbons (Fsp3) is 0.150. The molecule has 4 heteroatoms. The third-order valence-corrected chi connectivity index (χ3v) is 4.14. The first-order valence-corrected chi connectivity index (χ1v) is 8.26. The summed E-state index contributed by atoms with van der Waals surface area (Å²) >= 11 is 6.10. The van der Waals surface area contributed by atoms with Crippen molar-refractivity contribution in [3.63, 3.8) is 0 Å². The zero-order valence-corrected chi connectivity index (χ0v) is 14.1. The lowest BCUT2D eigenvalue weighted by molar-refractivity contribution is -0.122. The van der Waals surface area contributed by atoms with Crippen molar-refractivity contribution < 1.29 is 9.53 Å². The van der Waals surface area contributed by atoms with Gasteiger partial charge < -0.3 is 10.1 Å². The third kappa shape index (κ3) is 3.52. The number of benzene rings is 3. The SMILES string of the molecule is CC[C@H](Oc1cccc2ccccc12)C(=O)Nc1ccccc1Cl. The Labute approximate surface area is 146 Å². The Hall–Kier alpha value is -2.52. The van der Waals surface area contributed by atoms with Crippen LogP contribution >= 0.6 is 11.6 Å². The molecule has 0 saturated carbocycles.